The second kappa shape index (κ2) is 6.35. The van der Waals surface area contributed by atoms with Gasteiger partial charge in [0.25, 0.3) is 5.91 Å². The number of nitrogens with zero attached hydrogens (tertiary/aromatic N) is 3. The van der Waals surface area contributed by atoms with E-state index in [0.29, 0.717) is 48.4 Å². The Kier molecular flexibility index (Phi) is 4.24. The van der Waals surface area contributed by atoms with Crippen LogP contribution >= 0.6 is 0 Å². The summed E-state index contributed by atoms with van der Waals surface area (Å²) < 4.78 is 6.71. The number of carbonyl (C=O) groups is 3. The third-order valence-corrected chi connectivity index (χ3v) is 4.33. The van der Waals surface area contributed by atoms with Crippen LogP contribution in [0.3, 0.4) is 0 Å². The first-order valence-electron chi connectivity index (χ1n) is 7.74. The van der Waals surface area contributed by atoms with Crippen molar-refractivity contribution in [2.24, 2.45) is 0 Å². The predicted molar refractivity (Wildman–Crippen MR) is 88.3 cm³/mol. The van der Waals surface area contributed by atoms with Crippen LogP contribution in [0.5, 0.6) is 5.75 Å². The second-order valence-electron chi connectivity index (χ2n) is 5.75. The van der Waals surface area contributed by atoms with Gasteiger partial charge in [-0.1, -0.05) is 0 Å². The second-order valence-corrected chi connectivity index (χ2v) is 5.75. The summed E-state index contributed by atoms with van der Waals surface area (Å²) in [5.41, 5.74) is 1.15. The van der Waals surface area contributed by atoms with Crippen molar-refractivity contribution in [3.05, 3.63) is 30.0 Å². The predicted octanol–water partition coefficient (Wildman–Crippen LogP) is 1.22. The van der Waals surface area contributed by atoms with Crippen LogP contribution in [0.1, 0.15) is 22.1 Å². The largest absolute Gasteiger partial charge is 0.497 e. The number of rotatable bonds is 3. The van der Waals surface area contributed by atoms with Gasteiger partial charge >= 0.3 is 0 Å². The topological polar surface area (TPSA) is 71.8 Å². The van der Waals surface area contributed by atoms with E-state index in [0.717, 1.165) is 6.41 Å². The highest BCUT2D eigenvalue weighted by Crippen LogP contribution is 2.27. The van der Waals surface area contributed by atoms with Crippen LogP contribution in [0.2, 0.25) is 0 Å². The van der Waals surface area contributed by atoms with Crippen LogP contribution in [0, 0.1) is 0 Å². The highest BCUT2D eigenvalue weighted by molar-refractivity contribution is 6.09. The average molecular weight is 329 g/mol. The first-order valence-corrected chi connectivity index (χ1v) is 7.74. The van der Waals surface area contributed by atoms with Crippen molar-refractivity contribution in [2.45, 2.75) is 6.92 Å². The first-order chi connectivity index (χ1) is 11.5. The molecular formula is C17H19N3O4. The average Bonchev–Trinajstić information content (AvgIpc) is 3.00. The van der Waals surface area contributed by atoms with Crippen molar-refractivity contribution in [3.63, 3.8) is 0 Å². The molecule has 2 aromatic rings. The zero-order valence-electron chi connectivity index (χ0n) is 13.7. The van der Waals surface area contributed by atoms with Gasteiger partial charge in [0.05, 0.1) is 18.2 Å². The fourth-order valence-corrected chi connectivity index (χ4v) is 2.97. The lowest BCUT2D eigenvalue weighted by Crippen LogP contribution is -2.48. The van der Waals surface area contributed by atoms with E-state index < -0.39 is 0 Å². The SMILES string of the molecule is COc1ccc2c(c1)c(C(=O)N1CCN(C=O)CC1)cn2C(C)=O. The Morgan fingerprint density at radius 1 is 1.17 bits per heavy atom. The molecule has 3 rings (SSSR count). The van der Waals surface area contributed by atoms with Gasteiger partial charge in [0.1, 0.15) is 5.75 Å². The summed E-state index contributed by atoms with van der Waals surface area (Å²) in [5.74, 6) is 0.331. The summed E-state index contributed by atoms with van der Waals surface area (Å²) in [7, 11) is 1.56. The quantitative estimate of drug-likeness (QED) is 0.794. The third kappa shape index (κ3) is 2.73. The van der Waals surface area contributed by atoms with Gasteiger partial charge in [0, 0.05) is 44.7 Å². The van der Waals surface area contributed by atoms with E-state index in [4.69, 9.17) is 4.74 Å². The standard InChI is InChI=1S/C17H19N3O4/c1-12(22)20-10-15(14-9-13(24-2)3-4-16(14)20)17(23)19-7-5-18(11-21)6-8-19/h3-4,9-11H,5-8H2,1-2H3. The monoisotopic (exact) mass is 329 g/mol. The smallest absolute Gasteiger partial charge is 0.256 e. The molecule has 1 saturated heterocycles. The Bertz CT molecular complexity index is 804. The molecule has 0 saturated carbocycles. The molecule has 1 fully saturated rings. The number of hydrogen-bond acceptors (Lipinski definition) is 4. The van der Waals surface area contributed by atoms with Gasteiger partial charge in [0.2, 0.25) is 12.3 Å². The maximum absolute atomic E-state index is 12.9. The number of carbonyl (C=O) groups excluding carboxylic acids is 3. The minimum absolute atomic E-state index is 0.140. The highest BCUT2D eigenvalue weighted by Gasteiger charge is 2.25. The van der Waals surface area contributed by atoms with Crippen LogP contribution in [0.25, 0.3) is 10.9 Å². The number of aromatic nitrogens is 1. The van der Waals surface area contributed by atoms with Gasteiger partial charge in [-0.2, -0.15) is 0 Å². The first kappa shape index (κ1) is 16.0. The lowest BCUT2D eigenvalue weighted by Gasteiger charge is -2.32. The third-order valence-electron chi connectivity index (χ3n) is 4.33. The molecular weight excluding hydrogens is 310 g/mol. The normalized spacial score (nSPS) is 14.8. The molecule has 1 aromatic carbocycles. The number of amides is 2. The molecule has 1 aliphatic rings. The molecule has 2 heterocycles. The lowest BCUT2D eigenvalue weighted by atomic mass is 10.1. The molecule has 7 heteroatoms. The molecule has 24 heavy (non-hydrogen) atoms. The van der Waals surface area contributed by atoms with Crippen LogP contribution in [0.4, 0.5) is 0 Å². The molecule has 0 spiro atoms. The van der Waals surface area contributed by atoms with Gasteiger partial charge in [-0.15, -0.1) is 0 Å². The van der Waals surface area contributed by atoms with Gasteiger partial charge in [-0.25, -0.2) is 0 Å². The molecule has 0 aliphatic carbocycles. The molecule has 7 nitrogen and oxygen atoms in total. The Labute approximate surface area is 139 Å². The number of hydrogen-bond donors (Lipinski definition) is 0. The highest BCUT2D eigenvalue weighted by atomic mass is 16.5. The maximum atomic E-state index is 12.9. The molecule has 0 bridgehead atoms. The fourth-order valence-electron chi connectivity index (χ4n) is 2.97. The number of fused-ring (bicyclic) bond motifs is 1. The Morgan fingerprint density at radius 3 is 2.46 bits per heavy atom. The van der Waals surface area contributed by atoms with Crippen molar-refractivity contribution in [1.29, 1.82) is 0 Å². The van der Waals surface area contributed by atoms with Crippen LogP contribution in [0.15, 0.2) is 24.4 Å². The summed E-state index contributed by atoms with van der Waals surface area (Å²) in [5, 5.41) is 0.687. The van der Waals surface area contributed by atoms with Crippen molar-refractivity contribution >= 4 is 29.1 Å². The maximum Gasteiger partial charge on any atom is 0.256 e. The van der Waals surface area contributed by atoms with E-state index in [2.05, 4.69) is 0 Å². The minimum Gasteiger partial charge on any atom is -0.497 e. The molecule has 1 aromatic heterocycles. The summed E-state index contributed by atoms with van der Waals surface area (Å²) in [4.78, 5) is 38.9. The molecule has 2 amide bonds. The van der Waals surface area contributed by atoms with Crippen LogP contribution < -0.4 is 4.74 Å². The zero-order chi connectivity index (χ0) is 17.3. The molecule has 0 unspecified atom stereocenters. The van der Waals surface area contributed by atoms with E-state index in [1.165, 1.54) is 11.5 Å². The van der Waals surface area contributed by atoms with Crippen molar-refractivity contribution < 1.29 is 19.1 Å². The molecule has 0 N–H and O–H groups in total. The Balaban J connectivity index is 2.00. The lowest BCUT2D eigenvalue weighted by molar-refractivity contribution is -0.119. The van der Waals surface area contributed by atoms with Crippen LogP contribution in [-0.4, -0.2) is 65.9 Å². The summed E-state index contributed by atoms with van der Waals surface area (Å²) in [6, 6.07) is 5.30. The number of methoxy groups -OCH3 is 1. The molecule has 1 aliphatic heterocycles. The number of piperazine rings is 1. The fraction of sp³-hybridized carbons (Fsp3) is 0.353. The van der Waals surface area contributed by atoms with Crippen molar-refractivity contribution in [2.75, 3.05) is 33.3 Å². The number of ether oxygens (including phenoxy) is 1. The Hall–Kier alpha value is -2.83. The summed E-state index contributed by atoms with van der Waals surface area (Å²) >= 11 is 0. The van der Waals surface area contributed by atoms with Gasteiger partial charge in [-0.3, -0.25) is 19.0 Å². The molecule has 0 radical (unpaired) electrons. The van der Waals surface area contributed by atoms with E-state index in [1.807, 2.05) is 0 Å². The zero-order valence-corrected chi connectivity index (χ0v) is 13.7. The Morgan fingerprint density at radius 2 is 1.88 bits per heavy atom. The van der Waals surface area contributed by atoms with E-state index in [1.54, 1.807) is 41.3 Å². The molecule has 0 atom stereocenters. The van der Waals surface area contributed by atoms with E-state index in [-0.39, 0.29) is 11.8 Å². The minimum atomic E-state index is -0.157. The molecule has 126 valence electrons. The summed E-state index contributed by atoms with van der Waals surface area (Å²) in [6.07, 6.45) is 2.38. The summed E-state index contributed by atoms with van der Waals surface area (Å²) in [6.45, 7) is 3.46. The number of benzene rings is 1. The van der Waals surface area contributed by atoms with Crippen molar-refractivity contribution in [3.8, 4) is 5.75 Å². The van der Waals surface area contributed by atoms with Crippen LogP contribution in [-0.2, 0) is 4.79 Å². The van der Waals surface area contributed by atoms with E-state index >= 15 is 0 Å². The van der Waals surface area contributed by atoms with Gasteiger partial charge < -0.3 is 14.5 Å². The van der Waals surface area contributed by atoms with Gasteiger partial charge in [0.15, 0.2) is 0 Å². The van der Waals surface area contributed by atoms with Gasteiger partial charge in [-0.05, 0) is 18.2 Å². The van der Waals surface area contributed by atoms with E-state index in [9.17, 15) is 14.4 Å². The van der Waals surface area contributed by atoms with Crippen molar-refractivity contribution in [1.82, 2.24) is 14.4 Å².